The van der Waals surface area contributed by atoms with Crippen molar-refractivity contribution in [3.05, 3.63) is 11.6 Å². The first-order valence-corrected chi connectivity index (χ1v) is 1.75. The van der Waals surface area contributed by atoms with Crippen LogP contribution in [0.25, 0.3) is 0 Å². The maximum atomic E-state index is 2.94. The minimum absolute atomic E-state index is 0. The molecule has 0 aromatic carbocycles. The minimum atomic E-state index is 0. The van der Waals surface area contributed by atoms with E-state index in [1.165, 1.54) is 5.57 Å². The smallest absolute Gasteiger partial charge is 0.501 e. The van der Waals surface area contributed by atoms with Gasteiger partial charge in [0.15, 0.2) is 0 Å². The van der Waals surface area contributed by atoms with Gasteiger partial charge in [0, 0.05) is 0 Å². The predicted molar refractivity (Wildman–Crippen MR) is 23.8 cm³/mol. The standard InChI is InChI=1S/C5H9.Y/c1-4-5(2)3;/h1-3H3;/q-1;+3. The fraction of sp³-hybridized carbons (Fsp3) is 0.600. The molecule has 0 saturated carbocycles. The number of rotatable bonds is 0. The van der Waals surface area contributed by atoms with E-state index in [-0.39, 0.29) is 32.7 Å². The van der Waals surface area contributed by atoms with Crippen LogP contribution in [0, 0.1) is 6.08 Å². The molecule has 0 heterocycles. The largest absolute Gasteiger partial charge is 3.00 e. The summed E-state index contributed by atoms with van der Waals surface area (Å²) < 4.78 is 0. The van der Waals surface area contributed by atoms with Crippen LogP contribution in [0.2, 0.25) is 0 Å². The normalized spacial score (nSPS) is 5.83. The Morgan fingerprint density at radius 1 is 1.33 bits per heavy atom. The summed E-state index contributed by atoms with van der Waals surface area (Å²) in [6.07, 6.45) is 2.94. The second-order valence-corrected chi connectivity index (χ2v) is 1.25. The second kappa shape index (κ2) is 5.84. The first kappa shape index (κ1) is 9.96. The van der Waals surface area contributed by atoms with Crippen molar-refractivity contribution in [2.75, 3.05) is 0 Å². The third-order valence-corrected chi connectivity index (χ3v) is 0.500. The Morgan fingerprint density at radius 2 is 1.50 bits per heavy atom. The van der Waals surface area contributed by atoms with Crippen LogP contribution >= 0.6 is 0 Å². The molecule has 0 aliphatic heterocycles. The van der Waals surface area contributed by atoms with E-state index in [9.17, 15) is 0 Å². The van der Waals surface area contributed by atoms with Gasteiger partial charge in [-0.1, -0.05) is 13.8 Å². The van der Waals surface area contributed by atoms with Gasteiger partial charge in [-0.3, -0.25) is 5.57 Å². The first-order valence-electron chi connectivity index (χ1n) is 1.75. The van der Waals surface area contributed by atoms with E-state index in [1.807, 2.05) is 20.8 Å². The molecular formula is C5H9Y+2. The maximum absolute atomic E-state index is 2.94. The molecule has 0 N–H and O–H groups in total. The van der Waals surface area contributed by atoms with Crippen LogP contribution in [-0.2, 0) is 32.7 Å². The Morgan fingerprint density at radius 3 is 1.50 bits per heavy atom. The Balaban J connectivity index is 0. The summed E-state index contributed by atoms with van der Waals surface area (Å²) >= 11 is 0. The van der Waals surface area contributed by atoms with Crippen molar-refractivity contribution in [1.82, 2.24) is 0 Å². The molecule has 0 radical (unpaired) electrons. The van der Waals surface area contributed by atoms with Crippen LogP contribution in [0.3, 0.4) is 0 Å². The zero-order valence-corrected chi connectivity index (χ0v) is 7.42. The summed E-state index contributed by atoms with van der Waals surface area (Å²) in [5.41, 5.74) is 1.25. The Labute approximate surface area is 64.9 Å². The third kappa shape index (κ3) is 8.85. The van der Waals surface area contributed by atoms with Gasteiger partial charge < -0.3 is 6.08 Å². The average Bonchev–Trinajstić information content (AvgIpc) is 1.38. The zero-order chi connectivity index (χ0) is 4.28. The van der Waals surface area contributed by atoms with Gasteiger partial charge in [-0.15, -0.1) is 0 Å². The first-order chi connectivity index (χ1) is 2.27. The van der Waals surface area contributed by atoms with Crippen molar-refractivity contribution in [1.29, 1.82) is 0 Å². The molecule has 0 unspecified atom stereocenters. The van der Waals surface area contributed by atoms with Gasteiger partial charge in [0.1, 0.15) is 0 Å². The van der Waals surface area contributed by atoms with E-state index in [1.54, 1.807) is 0 Å². The van der Waals surface area contributed by atoms with E-state index >= 15 is 0 Å². The Bertz CT molecular complexity index is 41.9. The molecule has 30 valence electrons. The predicted octanol–water partition coefficient (Wildman–Crippen LogP) is 1.77. The molecule has 0 aliphatic rings. The van der Waals surface area contributed by atoms with Crippen molar-refractivity contribution in [3.8, 4) is 0 Å². The van der Waals surface area contributed by atoms with Crippen molar-refractivity contribution in [2.45, 2.75) is 20.8 Å². The van der Waals surface area contributed by atoms with E-state index in [4.69, 9.17) is 0 Å². The molecule has 0 spiro atoms. The summed E-state index contributed by atoms with van der Waals surface area (Å²) in [5.74, 6) is 0. The molecule has 0 aromatic rings. The topological polar surface area (TPSA) is 0 Å². The van der Waals surface area contributed by atoms with Crippen LogP contribution in [0.15, 0.2) is 5.57 Å². The molecule has 1 heteroatoms. The monoisotopic (exact) mass is 158 g/mol. The Kier molecular flexibility index (Phi) is 9.70. The van der Waals surface area contributed by atoms with Gasteiger partial charge in [0.05, 0.1) is 0 Å². The summed E-state index contributed by atoms with van der Waals surface area (Å²) in [7, 11) is 0. The van der Waals surface area contributed by atoms with Gasteiger partial charge >= 0.3 is 32.7 Å². The van der Waals surface area contributed by atoms with Crippen LogP contribution < -0.4 is 0 Å². The van der Waals surface area contributed by atoms with Crippen LogP contribution in [0.5, 0.6) is 0 Å². The molecule has 6 heavy (non-hydrogen) atoms. The zero-order valence-electron chi connectivity index (χ0n) is 4.58. The number of hydrogen-bond donors (Lipinski definition) is 0. The molecule has 0 amide bonds. The van der Waals surface area contributed by atoms with Crippen LogP contribution in [0.1, 0.15) is 20.8 Å². The van der Waals surface area contributed by atoms with Crippen molar-refractivity contribution < 1.29 is 32.7 Å². The minimum Gasteiger partial charge on any atom is -0.501 e. The summed E-state index contributed by atoms with van der Waals surface area (Å²) in [5, 5.41) is 0. The van der Waals surface area contributed by atoms with Crippen molar-refractivity contribution >= 4 is 0 Å². The fourth-order valence-corrected chi connectivity index (χ4v) is 0. The molecule has 0 rings (SSSR count). The van der Waals surface area contributed by atoms with E-state index in [2.05, 4.69) is 6.08 Å². The molecule has 0 aliphatic carbocycles. The van der Waals surface area contributed by atoms with Gasteiger partial charge in [-0.25, -0.2) is 0 Å². The molecular weight excluding hydrogens is 149 g/mol. The van der Waals surface area contributed by atoms with Crippen LogP contribution in [-0.4, -0.2) is 0 Å². The molecule has 0 saturated heterocycles. The second-order valence-electron chi connectivity index (χ2n) is 1.25. The summed E-state index contributed by atoms with van der Waals surface area (Å²) in [6.45, 7) is 5.97. The van der Waals surface area contributed by atoms with Gasteiger partial charge in [0.25, 0.3) is 0 Å². The number of hydrogen-bond acceptors (Lipinski definition) is 0. The molecule has 0 aromatic heterocycles. The van der Waals surface area contributed by atoms with Gasteiger partial charge in [-0.05, 0) is 0 Å². The maximum Gasteiger partial charge on any atom is 3.00 e. The fourth-order valence-electron chi connectivity index (χ4n) is 0. The average molecular weight is 158 g/mol. The molecule has 0 fully saturated rings. The summed E-state index contributed by atoms with van der Waals surface area (Å²) in [6, 6.07) is 0. The van der Waals surface area contributed by atoms with Crippen molar-refractivity contribution in [2.24, 2.45) is 0 Å². The van der Waals surface area contributed by atoms with Crippen molar-refractivity contribution in [3.63, 3.8) is 0 Å². The molecule has 0 atom stereocenters. The van der Waals surface area contributed by atoms with E-state index in [0.717, 1.165) is 0 Å². The molecule has 0 nitrogen and oxygen atoms in total. The molecule has 0 bridgehead atoms. The third-order valence-electron chi connectivity index (χ3n) is 0.500. The van der Waals surface area contributed by atoms with Gasteiger partial charge in [0.2, 0.25) is 0 Å². The van der Waals surface area contributed by atoms with E-state index < -0.39 is 0 Å². The Hall–Kier alpha value is 0.844. The summed E-state index contributed by atoms with van der Waals surface area (Å²) in [4.78, 5) is 0. The van der Waals surface area contributed by atoms with Crippen LogP contribution in [0.4, 0.5) is 0 Å². The van der Waals surface area contributed by atoms with Gasteiger partial charge in [-0.2, -0.15) is 6.92 Å². The SMILES string of the molecule is C[C-]=C(C)C.[Y+3]. The number of allylic oxidation sites excluding steroid dienone is 2. The van der Waals surface area contributed by atoms with E-state index in [0.29, 0.717) is 0 Å². The quantitative estimate of drug-likeness (QED) is 0.471.